The lowest BCUT2D eigenvalue weighted by Gasteiger charge is -2.31. The quantitative estimate of drug-likeness (QED) is 0.566. The van der Waals surface area contributed by atoms with Gasteiger partial charge >= 0.3 is 0 Å². The van der Waals surface area contributed by atoms with Gasteiger partial charge in [0.2, 0.25) is 11.8 Å². The number of carbonyl (C=O) groups excluding carboxylic acids is 2. The summed E-state index contributed by atoms with van der Waals surface area (Å²) < 4.78 is 14.2. The van der Waals surface area contributed by atoms with Crippen molar-refractivity contribution in [2.75, 3.05) is 7.05 Å². The third-order valence-electron chi connectivity index (χ3n) is 5.08. The van der Waals surface area contributed by atoms with E-state index in [4.69, 9.17) is 11.6 Å². The van der Waals surface area contributed by atoms with E-state index in [1.165, 1.54) is 11.0 Å². The van der Waals surface area contributed by atoms with Crippen molar-refractivity contribution >= 4 is 23.4 Å². The number of amides is 2. The number of hydrogen-bond donors (Lipinski definition) is 1. The molecule has 0 fully saturated rings. The van der Waals surface area contributed by atoms with E-state index in [0.29, 0.717) is 17.0 Å². The van der Waals surface area contributed by atoms with Crippen LogP contribution in [-0.2, 0) is 29.0 Å². The summed E-state index contributed by atoms with van der Waals surface area (Å²) in [7, 11) is 1.54. The molecule has 1 atom stereocenters. The maximum Gasteiger partial charge on any atom is 0.242 e. The second kappa shape index (κ2) is 10.7. The molecule has 0 unspecified atom stereocenters. The molecule has 4 nitrogen and oxygen atoms in total. The number of hydrogen-bond acceptors (Lipinski definition) is 2. The van der Waals surface area contributed by atoms with E-state index in [1.807, 2.05) is 42.5 Å². The number of rotatable bonds is 8. The van der Waals surface area contributed by atoms with E-state index in [2.05, 4.69) is 5.32 Å². The van der Waals surface area contributed by atoms with Crippen LogP contribution in [0, 0.1) is 5.82 Å². The molecule has 0 aliphatic heterocycles. The maximum atomic E-state index is 14.2. The Balaban J connectivity index is 1.94. The van der Waals surface area contributed by atoms with Crippen LogP contribution in [0.3, 0.4) is 0 Å². The number of nitrogens with one attached hydrogen (secondary N) is 1. The van der Waals surface area contributed by atoms with Crippen LogP contribution in [0.4, 0.5) is 4.39 Å². The first kappa shape index (κ1) is 22.5. The topological polar surface area (TPSA) is 49.4 Å². The van der Waals surface area contributed by atoms with Gasteiger partial charge in [0, 0.05) is 25.0 Å². The molecular weight excluding hydrogens is 415 g/mol. The molecule has 3 aromatic rings. The van der Waals surface area contributed by atoms with E-state index in [9.17, 15) is 14.0 Å². The minimum atomic E-state index is -0.748. The first-order valence-corrected chi connectivity index (χ1v) is 10.4. The largest absolute Gasteiger partial charge is 0.357 e. The van der Waals surface area contributed by atoms with Crippen molar-refractivity contribution in [3.8, 4) is 0 Å². The van der Waals surface area contributed by atoms with Crippen LogP contribution in [0.1, 0.15) is 16.7 Å². The molecule has 0 radical (unpaired) electrons. The van der Waals surface area contributed by atoms with Crippen molar-refractivity contribution in [2.45, 2.75) is 25.4 Å². The second-order valence-corrected chi connectivity index (χ2v) is 7.67. The van der Waals surface area contributed by atoms with E-state index >= 15 is 0 Å². The molecule has 2 amide bonds. The highest BCUT2D eigenvalue weighted by Crippen LogP contribution is 2.18. The molecule has 0 bridgehead atoms. The van der Waals surface area contributed by atoms with Crippen molar-refractivity contribution in [3.63, 3.8) is 0 Å². The Kier molecular flexibility index (Phi) is 7.79. The molecule has 0 heterocycles. The van der Waals surface area contributed by atoms with Crippen molar-refractivity contribution in [3.05, 3.63) is 106 Å². The maximum absolute atomic E-state index is 14.2. The summed E-state index contributed by atoms with van der Waals surface area (Å²) in [6.07, 6.45) is 0.208. The Bertz CT molecular complexity index is 1030. The van der Waals surface area contributed by atoms with Crippen molar-refractivity contribution in [2.24, 2.45) is 0 Å². The lowest BCUT2D eigenvalue weighted by molar-refractivity contribution is -0.140. The highest BCUT2D eigenvalue weighted by molar-refractivity contribution is 6.30. The minimum absolute atomic E-state index is 0.136. The molecule has 0 aromatic heterocycles. The van der Waals surface area contributed by atoms with Crippen LogP contribution in [0.2, 0.25) is 5.02 Å². The average molecular weight is 439 g/mol. The number of nitrogens with zero attached hydrogens (tertiary/aromatic N) is 1. The number of carbonyl (C=O) groups is 2. The molecule has 0 saturated heterocycles. The third-order valence-corrected chi connectivity index (χ3v) is 5.34. The van der Waals surface area contributed by atoms with Crippen molar-refractivity contribution in [1.29, 1.82) is 0 Å². The first-order valence-electron chi connectivity index (χ1n) is 10.0. The van der Waals surface area contributed by atoms with Gasteiger partial charge in [0.1, 0.15) is 11.9 Å². The summed E-state index contributed by atoms with van der Waals surface area (Å²) in [6.45, 7) is 0.204. The summed E-state index contributed by atoms with van der Waals surface area (Å²) in [5.74, 6) is -1.05. The molecule has 0 spiro atoms. The normalized spacial score (nSPS) is 11.6. The molecule has 3 rings (SSSR count). The number of likely N-dealkylation sites (N-methyl/N-ethyl adjacent to an activating group) is 1. The summed E-state index contributed by atoms with van der Waals surface area (Å²) in [6, 6.07) is 22.0. The van der Waals surface area contributed by atoms with Crippen LogP contribution in [0.15, 0.2) is 78.9 Å². The molecule has 3 aromatic carbocycles. The van der Waals surface area contributed by atoms with Gasteiger partial charge in [0.25, 0.3) is 0 Å². The third kappa shape index (κ3) is 6.15. The predicted octanol–water partition coefficient (Wildman–Crippen LogP) is 4.41. The molecule has 6 heteroatoms. The minimum Gasteiger partial charge on any atom is -0.357 e. The van der Waals surface area contributed by atoms with Gasteiger partial charge < -0.3 is 10.2 Å². The van der Waals surface area contributed by atoms with Crippen LogP contribution >= 0.6 is 11.6 Å². The summed E-state index contributed by atoms with van der Waals surface area (Å²) >= 11 is 5.99. The fourth-order valence-electron chi connectivity index (χ4n) is 3.41. The summed E-state index contributed by atoms with van der Waals surface area (Å²) in [4.78, 5) is 27.7. The van der Waals surface area contributed by atoms with Gasteiger partial charge in [-0.15, -0.1) is 0 Å². The van der Waals surface area contributed by atoms with Gasteiger partial charge in [0.15, 0.2) is 0 Å². The highest BCUT2D eigenvalue weighted by Gasteiger charge is 2.30. The standard InChI is InChI=1S/C25H24ClFN2O2/c1-28-25(31)23(15-18-7-3-2-4-8-18)29(17-19-11-13-21(26)14-12-19)24(30)16-20-9-5-6-10-22(20)27/h2-14,23H,15-17H2,1H3,(H,28,31)/t23-/m1/s1. The van der Waals surface area contributed by atoms with Crippen LogP contribution in [0.25, 0.3) is 0 Å². The van der Waals surface area contributed by atoms with E-state index in [-0.39, 0.29) is 24.8 Å². The smallest absolute Gasteiger partial charge is 0.242 e. The Morgan fingerprint density at radius 1 is 0.935 bits per heavy atom. The Morgan fingerprint density at radius 2 is 1.58 bits per heavy atom. The highest BCUT2D eigenvalue weighted by atomic mass is 35.5. The zero-order valence-electron chi connectivity index (χ0n) is 17.2. The van der Waals surface area contributed by atoms with Gasteiger partial charge in [-0.2, -0.15) is 0 Å². The number of halogens is 2. The van der Waals surface area contributed by atoms with Crippen LogP contribution in [0.5, 0.6) is 0 Å². The summed E-state index contributed by atoms with van der Waals surface area (Å²) in [5, 5.41) is 3.25. The van der Waals surface area contributed by atoms with E-state index < -0.39 is 11.9 Å². The molecule has 0 aliphatic carbocycles. The Hall–Kier alpha value is -3.18. The molecule has 0 aliphatic rings. The van der Waals surface area contributed by atoms with Gasteiger partial charge in [-0.3, -0.25) is 9.59 Å². The SMILES string of the molecule is CNC(=O)[C@@H](Cc1ccccc1)N(Cc1ccc(Cl)cc1)C(=O)Cc1ccccc1F. The first-order chi connectivity index (χ1) is 15.0. The Morgan fingerprint density at radius 3 is 2.23 bits per heavy atom. The monoisotopic (exact) mass is 438 g/mol. The van der Waals surface area contributed by atoms with Gasteiger partial charge in [-0.1, -0.05) is 72.3 Å². The molecule has 160 valence electrons. The molecule has 1 N–H and O–H groups in total. The average Bonchev–Trinajstić information content (AvgIpc) is 2.79. The van der Waals surface area contributed by atoms with Crippen molar-refractivity contribution in [1.82, 2.24) is 10.2 Å². The lowest BCUT2D eigenvalue weighted by Crippen LogP contribution is -2.50. The molecule has 0 saturated carbocycles. The van der Waals surface area contributed by atoms with E-state index in [0.717, 1.165) is 11.1 Å². The molecular formula is C25H24ClFN2O2. The van der Waals surface area contributed by atoms with Crippen molar-refractivity contribution < 1.29 is 14.0 Å². The second-order valence-electron chi connectivity index (χ2n) is 7.24. The van der Waals surface area contributed by atoms with Gasteiger partial charge in [-0.25, -0.2) is 4.39 Å². The molecule has 31 heavy (non-hydrogen) atoms. The van der Waals surface area contributed by atoms with Gasteiger partial charge in [0.05, 0.1) is 6.42 Å². The van der Waals surface area contributed by atoms with Gasteiger partial charge in [-0.05, 0) is 34.9 Å². The van der Waals surface area contributed by atoms with Crippen LogP contribution < -0.4 is 5.32 Å². The summed E-state index contributed by atoms with van der Waals surface area (Å²) in [5.41, 5.74) is 2.05. The van der Waals surface area contributed by atoms with E-state index in [1.54, 1.807) is 37.4 Å². The zero-order valence-corrected chi connectivity index (χ0v) is 18.0. The Labute approximate surface area is 186 Å². The fourth-order valence-corrected chi connectivity index (χ4v) is 3.54. The lowest BCUT2D eigenvalue weighted by atomic mass is 10.0. The fraction of sp³-hybridized carbons (Fsp3) is 0.200. The number of benzene rings is 3. The zero-order chi connectivity index (χ0) is 22.2. The predicted molar refractivity (Wildman–Crippen MR) is 120 cm³/mol. The van der Waals surface area contributed by atoms with Crippen LogP contribution in [-0.4, -0.2) is 29.8 Å².